The van der Waals surface area contributed by atoms with E-state index in [1.165, 1.54) is 24.5 Å². The van der Waals surface area contributed by atoms with Crippen molar-refractivity contribution < 1.29 is 13.6 Å². The van der Waals surface area contributed by atoms with Crippen molar-refractivity contribution in [1.82, 2.24) is 19.5 Å². The maximum absolute atomic E-state index is 12.6. The van der Waals surface area contributed by atoms with E-state index in [-0.39, 0.29) is 10.5 Å². The average Bonchev–Trinajstić information content (AvgIpc) is 3.10. The molecule has 1 amide bonds. The van der Waals surface area contributed by atoms with Gasteiger partial charge in [0, 0.05) is 17.3 Å². The van der Waals surface area contributed by atoms with Crippen molar-refractivity contribution in [2.24, 2.45) is 0 Å². The van der Waals surface area contributed by atoms with Gasteiger partial charge >= 0.3 is 0 Å². The lowest BCUT2D eigenvalue weighted by molar-refractivity contribution is 0.102. The van der Waals surface area contributed by atoms with Gasteiger partial charge in [0.25, 0.3) is 11.7 Å². The first-order valence-corrected chi connectivity index (χ1v) is 7.67. The molecule has 0 atom stereocenters. The zero-order valence-corrected chi connectivity index (χ0v) is 13.0. The van der Waals surface area contributed by atoms with E-state index < -0.39 is 11.7 Å². The minimum atomic E-state index is -2.60. The Kier molecular flexibility index (Phi) is 4.80. The number of rotatable bonds is 5. The number of hydrogen-bond donors (Lipinski definition) is 1. The number of hydrogen-bond acceptors (Lipinski definition) is 5. The molecule has 0 aliphatic heterocycles. The third-order valence-corrected chi connectivity index (χ3v) is 3.77. The Balaban J connectivity index is 1.75. The highest BCUT2D eigenvalue weighted by atomic mass is 32.2. The number of benzene rings is 1. The standard InChI is InChI=1S/C15H11F2N5OS/c16-14(17)24-12-4-2-1-3-11(12)13(23)21-10-7-19-15(20-8-10)22-6-5-18-9-22/h1-9,14H,(H,21,23). The van der Waals surface area contributed by atoms with Gasteiger partial charge in [-0.15, -0.1) is 0 Å². The Labute approximate surface area is 140 Å². The van der Waals surface area contributed by atoms with Crippen LogP contribution in [0.2, 0.25) is 0 Å². The van der Waals surface area contributed by atoms with E-state index >= 15 is 0 Å². The molecule has 0 fully saturated rings. The maximum atomic E-state index is 12.6. The minimum absolute atomic E-state index is 0.168. The quantitative estimate of drug-likeness (QED) is 0.718. The Morgan fingerprint density at radius 3 is 2.62 bits per heavy atom. The fourth-order valence-electron chi connectivity index (χ4n) is 1.95. The van der Waals surface area contributed by atoms with Crippen LogP contribution in [0.3, 0.4) is 0 Å². The Morgan fingerprint density at radius 2 is 1.96 bits per heavy atom. The highest BCUT2D eigenvalue weighted by Crippen LogP contribution is 2.28. The van der Waals surface area contributed by atoms with Gasteiger partial charge in [-0.2, -0.15) is 8.78 Å². The van der Waals surface area contributed by atoms with Gasteiger partial charge < -0.3 is 5.32 Å². The fraction of sp³-hybridized carbons (Fsp3) is 0.0667. The summed E-state index contributed by atoms with van der Waals surface area (Å²) < 4.78 is 26.8. The lowest BCUT2D eigenvalue weighted by Crippen LogP contribution is -2.14. The summed E-state index contributed by atoms with van der Waals surface area (Å²) in [6.07, 6.45) is 7.69. The van der Waals surface area contributed by atoms with E-state index in [9.17, 15) is 13.6 Å². The number of halogens is 2. The highest BCUT2D eigenvalue weighted by Gasteiger charge is 2.15. The zero-order valence-electron chi connectivity index (χ0n) is 12.1. The van der Waals surface area contributed by atoms with Crippen molar-refractivity contribution >= 4 is 23.4 Å². The van der Waals surface area contributed by atoms with Crippen LogP contribution in [0.5, 0.6) is 0 Å². The Hall–Kier alpha value is -2.81. The molecule has 0 saturated heterocycles. The van der Waals surface area contributed by atoms with Gasteiger partial charge in [-0.25, -0.2) is 15.0 Å². The van der Waals surface area contributed by atoms with Crippen molar-refractivity contribution in [3.8, 4) is 5.95 Å². The molecular formula is C15H11F2N5OS. The first-order valence-electron chi connectivity index (χ1n) is 6.79. The molecule has 1 aromatic carbocycles. The summed E-state index contributed by atoms with van der Waals surface area (Å²) in [5, 5.41) is 2.60. The van der Waals surface area contributed by atoms with E-state index in [2.05, 4.69) is 20.3 Å². The number of imidazole rings is 1. The molecule has 0 spiro atoms. The molecule has 2 aromatic heterocycles. The molecule has 6 nitrogen and oxygen atoms in total. The van der Waals surface area contributed by atoms with Crippen LogP contribution in [0.15, 0.2) is 60.3 Å². The fourth-order valence-corrected chi connectivity index (χ4v) is 2.58. The van der Waals surface area contributed by atoms with Crippen LogP contribution in [0.1, 0.15) is 10.4 Å². The number of carbonyl (C=O) groups is 1. The third kappa shape index (κ3) is 3.74. The van der Waals surface area contributed by atoms with E-state index in [0.29, 0.717) is 23.4 Å². The number of amides is 1. The van der Waals surface area contributed by atoms with Crippen molar-refractivity contribution in [2.45, 2.75) is 10.7 Å². The predicted octanol–water partition coefficient (Wildman–Crippen LogP) is 3.23. The highest BCUT2D eigenvalue weighted by molar-refractivity contribution is 7.99. The third-order valence-electron chi connectivity index (χ3n) is 2.98. The van der Waals surface area contributed by atoms with Gasteiger partial charge in [-0.05, 0) is 12.1 Å². The maximum Gasteiger partial charge on any atom is 0.288 e. The molecule has 0 saturated carbocycles. The molecule has 122 valence electrons. The molecule has 0 aliphatic carbocycles. The molecule has 0 bridgehead atoms. The second-order valence-electron chi connectivity index (χ2n) is 4.57. The topological polar surface area (TPSA) is 72.7 Å². The first kappa shape index (κ1) is 16.1. The molecular weight excluding hydrogens is 336 g/mol. The number of nitrogens with zero attached hydrogens (tertiary/aromatic N) is 4. The smallest absolute Gasteiger partial charge is 0.288 e. The summed E-state index contributed by atoms with van der Waals surface area (Å²) in [6.45, 7) is 0. The molecule has 9 heteroatoms. The zero-order chi connectivity index (χ0) is 16.9. The summed E-state index contributed by atoms with van der Waals surface area (Å²) in [4.78, 5) is 24.6. The monoisotopic (exact) mass is 347 g/mol. The average molecular weight is 347 g/mol. The SMILES string of the molecule is O=C(Nc1cnc(-n2ccnc2)nc1)c1ccccc1SC(F)F. The van der Waals surface area contributed by atoms with Crippen LogP contribution in [-0.2, 0) is 0 Å². The molecule has 3 rings (SSSR count). The molecule has 24 heavy (non-hydrogen) atoms. The lowest BCUT2D eigenvalue weighted by atomic mass is 10.2. The summed E-state index contributed by atoms with van der Waals surface area (Å²) in [5.41, 5.74) is 0.530. The predicted molar refractivity (Wildman–Crippen MR) is 85.4 cm³/mol. The molecule has 0 aliphatic rings. The second-order valence-corrected chi connectivity index (χ2v) is 5.60. The van der Waals surface area contributed by atoms with Crippen molar-refractivity contribution in [2.75, 3.05) is 5.32 Å². The Morgan fingerprint density at radius 1 is 1.21 bits per heavy atom. The summed E-state index contributed by atoms with van der Waals surface area (Å²) in [6, 6.07) is 6.18. The van der Waals surface area contributed by atoms with Crippen LogP contribution >= 0.6 is 11.8 Å². The Bertz CT molecular complexity index is 824. The van der Waals surface area contributed by atoms with Gasteiger partial charge in [0.05, 0.1) is 23.6 Å². The van der Waals surface area contributed by atoms with Crippen LogP contribution in [-0.4, -0.2) is 31.2 Å². The van der Waals surface area contributed by atoms with Gasteiger partial charge in [-0.3, -0.25) is 9.36 Å². The summed E-state index contributed by atoms with van der Waals surface area (Å²) >= 11 is 0.329. The van der Waals surface area contributed by atoms with Crippen molar-refractivity contribution in [1.29, 1.82) is 0 Å². The van der Waals surface area contributed by atoms with Gasteiger partial charge in [0.2, 0.25) is 5.95 Å². The molecule has 3 aromatic rings. The molecule has 1 N–H and O–H groups in total. The van der Waals surface area contributed by atoms with Crippen molar-refractivity contribution in [3.05, 3.63) is 60.9 Å². The van der Waals surface area contributed by atoms with Gasteiger partial charge in [-0.1, -0.05) is 23.9 Å². The number of thioether (sulfide) groups is 1. The van der Waals surface area contributed by atoms with Crippen LogP contribution in [0, 0.1) is 0 Å². The van der Waals surface area contributed by atoms with Crippen LogP contribution in [0.25, 0.3) is 5.95 Å². The number of aromatic nitrogens is 4. The number of alkyl halides is 2. The van der Waals surface area contributed by atoms with Crippen molar-refractivity contribution in [3.63, 3.8) is 0 Å². The number of carbonyl (C=O) groups excluding carboxylic acids is 1. The number of nitrogens with one attached hydrogen (secondary N) is 1. The van der Waals surface area contributed by atoms with Crippen LogP contribution in [0.4, 0.5) is 14.5 Å². The molecule has 2 heterocycles. The lowest BCUT2D eigenvalue weighted by Gasteiger charge is -2.09. The van der Waals surface area contributed by atoms with E-state index in [0.717, 1.165) is 0 Å². The van der Waals surface area contributed by atoms with E-state index in [1.54, 1.807) is 35.4 Å². The summed E-state index contributed by atoms with van der Waals surface area (Å²) in [5.74, 6) is -2.70. The second kappa shape index (κ2) is 7.18. The van der Waals surface area contributed by atoms with E-state index in [4.69, 9.17) is 0 Å². The largest absolute Gasteiger partial charge is 0.319 e. The normalized spacial score (nSPS) is 10.8. The van der Waals surface area contributed by atoms with Gasteiger partial charge in [0.1, 0.15) is 6.33 Å². The first-order chi connectivity index (χ1) is 11.6. The minimum Gasteiger partial charge on any atom is -0.319 e. The van der Waals surface area contributed by atoms with E-state index in [1.807, 2.05) is 0 Å². The summed E-state index contributed by atoms with van der Waals surface area (Å²) in [7, 11) is 0. The van der Waals surface area contributed by atoms with Crippen LogP contribution < -0.4 is 5.32 Å². The molecule has 0 unspecified atom stereocenters. The van der Waals surface area contributed by atoms with Gasteiger partial charge in [0.15, 0.2) is 0 Å². The molecule has 0 radical (unpaired) electrons. The number of anilines is 1.